The summed E-state index contributed by atoms with van der Waals surface area (Å²) in [6, 6.07) is 36.4. The van der Waals surface area contributed by atoms with Gasteiger partial charge in [0.1, 0.15) is 30.3 Å². The van der Waals surface area contributed by atoms with E-state index in [1.807, 2.05) is 84.9 Å². The van der Waals surface area contributed by atoms with E-state index in [1.54, 1.807) is 42.5 Å². The number of aliphatic hydroxyl groups is 1. The van der Waals surface area contributed by atoms with Crippen molar-refractivity contribution in [1.29, 1.82) is 0 Å². The van der Waals surface area contributed by atoms with Gasteiger partial charge < -0.3 is 36.8 Å². The maximum atomic E-state index is 14.5. The number of benzene rings is 5. The monoisotopic (exact) mass is 809 g/mol. The van der Waals surface area contributed by atoms with Gasteiger partial charge in [0.25, 0.3) is 5.91 Å². The molecule has 13 heteroatoms. The summed E-state index contributed by atoms with van der Waals surface area (Å²) in [6.45, 7) is 0. The third kappa shape index (κ3) is 12.2. The maximum Gasteiger partial charge on any atom is 0.326 e. The van der Waals surface area contributed by atoms with Crippen LogP contribution in [0.4, 0.5) is 5.69 Å². The highest BCUT2D eigenvalue weighted by Crippen LogP contribution is 2.20. The molecule has 5 aromatic carbocycles. The Bertz CT molecular complexity index is 2250. The van der Waals surface area contributed by atoms with Gasteiger partial charge in [-0.25, -0.2) is 4.79 Å². The van der Waals surface area contributed by atoms with Crippen molar-refractivity contribution in [2.24, 2.45) is 0 Å². The minimum absolute atomic E-state index is 0.00364. The second-order valence-electron chi connectivity index (χ2n) is 14.7. The summed E-state index contributed by atoms with van der Waals surface area (Å²) in [4.78, 5) is 81.5. The van der Waals surface area contributed by atoms with Crippen molar-refractivity contribution >= 4 is 41.2 Å². The lowest BCUT2D eigenvalue weighted by molar-refractivity contribution is -0.142. The van der Waals surface area contributed by atoms with Crippen LogP contribution in [-0.2, 0) is 54.5 Å². The molecular formula is C47H47N5O8. The molecule has 308 valence electrons. The Labute approximate surface area is 347 Å². The first kappa shape index (κ1) is 42.5. The van der Waals surface area contributed by atoms with Crippen LogP contribution in [0.15, 0.2) is 140 Å². The van der Waals surface area contributed by atoms with Crippen LogP contribution in [0.5, 0.6) is 0 Å². The minimum Gasteiger partial charge on any atom is -0.480 e. The van der Waals surface area contributed by atoms with Gasteiger partial charge in [-0.2, -0.15) is 0 Å². The molecular weight excluding hydrogens is 763 g/mol. The fourth-order valence-corrected chi connectivity index (χ4v) is 6.92. The SMILES string of the molecule is O=C1C[C@@H](O)C(=O)Nc2ccc(cc2)C[C@@H](C(=O)O)NC(=O)[C@@H](Cc2ccccc2)NC(=O)[C@H](Cc2ccc(-c3ccccc3)cc2)NC(=O)[C@@H](CCc2ccccc2)N1. The number of anilines is 1. The molecule has 5 atom stereocenters. The molecule has 0 aliphatic carbocycles. The number of carboxylic acid groups (broad SMARTS) is 1. The van der Waals surface area contributed by atoms with E-state index in [1.165, 1.54) is 12.1 Å². The fraction of sp³-hybridized carbons (Fsp3) is 0.234. The van der Waals surface area contributed by atoms with E-state index >= 15 is 0 Å². The molecule has 0 aromatic heterocycles. The van der Waals surface area contributed by atoms with Gasteiger partial charge in [-0.1, -0.05) is 127 Å². The predicted molar refractivity (Wildman–Crippen MR) is 225 cm³/mol. The van der Waals surface area contributed by atoms with E-state index < -0.39 is 72.2 Å². The van der Waals surface area contributed by atoms with Crippen LogP contribution in [0.1, 0.15) is 35.1 Å². The molecule has 0 fully saturated rings. The summed E-state index contributed by atoms with van der Waals surface area (Å²) in [6.07, 6.45) is -2.12. The van der Waals surface area contributed by atoms with Gasteiger partial charge in [0.2, 0.25) is 23.6 Å². The number of aryl methyl sites for hydroxylation is 1. The second-order valence-corrected chi connectivity index (χ2v) is 14.7. The lowest BCUT2D eigenvalue weighted by Gasteiger charge is -2.26. The minimum atomic E-state index is -1.78. The number of amides is 5. The number of hydrogen-bond acceptors (Lipinski definition) is 7. The Kier molecular flexibility index (Phi) is 14.5. The standard InChI is InChI=1S/C47H47N5O8/c53-41-29-42(54)49-37(25-20-30-10-4-1-5-11-30)43(55)50-39(27-32-16-21-35(22-17-32)34-14-8-3-9-15-34)44(56)51-38(26-31-12-6-2-7-13-31)45(57)52-40(47(59)60)28-33-18-23-36(24-19-33)48-46(41)58/h1-19,21-24,37-41,53H,20,25-29H2,(H,48,58)(H,49,54)(H,50,55)(H,51,56)(H,52,57)(H,59,60)/t37-,38-,39+,40+,41-/m1/s1. The van der Waals surface area contributed by atoms with Crippen molar-refractivity contribution in [2.45, 2.75) is 68.8 Å². The Morgan fingerprint density at radius 1 is 0.517 bits per heavy atom. The van der Waals surface area contributed by atoms with Gasteiger partial charge in [-0.3, -0.25) is 24.0 Å². The van der Waals surface area contributed by atoms with E-state index in [2.05, 4.69) is 26.6 Å². The van der Waals surface area contributed by atoms with E-state index in [-0.39, 0.29) is 31.4 Å². The second kappa shape index (κ2) is 20.5. The van der Waals surface area contributed by atoms with Crippen molar-refractivity contribution in [1.82, 2.24) is 21.3 Å². The molecule has 0 unspecified atom stereocenters. The number of carbonyl (C=O) groups excluding carboxylic acids is 5. The third-order valence-electron chi connectivity index (χ3n) is 10.2. The number of carbonyl (C=O) groups is 6. The normalized spacial score (nSPS) is 20.7. The molecule has 60 heavy (non-hydrogen) atoms. The molecule has 5 amide bonds. The summed E-state index contributed by atoms with van der Waals surface area (Å²) in [5.41, 5.74) is 4.96. The summed E-state index contributed by atoms with van der Waals surface area (Å²) < 4.78 is 0. The zero-order valence-electron chi connectivity index (χ0n) is 32.8. The van der Waals surface area contributed by atoms with Gasteiger partial charge in [-0.15, -0.1) is 0 Å². The first-order chi connectivity index (χ1) is 29.0. The van der Waals surface area contributed by atoms with Crippen LogP contribution in [0.3, 0.4) is 0 Å². The average molecular weight is 810 g/mol. The number of aliphatic carboxylic acids is 1. The first-order valence-corrected chi connectivity index (χ1v) is 19.7. The Morgan fingerprint density at radius 3 is 1.60 bits per heavy atom. The van der Waals surface area contributed by atoms with Crippen LogP contribution in [0.25, 0.3) is 11.1 Å². The zero-order chi connectivity index (χ0) is 42.4. The third-order valence-corrected chi connectivity index (χ3v) is 10.2. The topological polar surface area (TPSA) is 203 Å². The first-order valence-electron chi connectivity index (χ1n) is 19.7. The van der Waals surface area contributed by atoms with Gasteiger partial charge >= 0.3 is 5.97 Å². The Hall–Kier alpha value is -7.12. The maximum absolute atomic E-state index is 14.5. The zero-order valence-corrected chi connectivity index (χ0v) is 32.8. The summed E-state index contributed by atoms with van der Waals surface area (Å²) >= 11 is 0. The number of fused-ring (bicyclic) bond motifs is 18. The smallest absolute Gasteiger partial charge is 0.326 e. The van der Waals surface area contributed by atoms with Gasteiger partial charge in [0, 0.05) is 24.9 Å². The highest BCUT2D eigenvalue weighted by atomic mass is 16.4. The van der Waals surface area contributed by atoms with Crippen molar-refractivity contribution < 1.29 is 39.0 Å². The number of rotatable bonds is 9. The average Bonchev–Trinajstić information content (AvgIpc) is 3.25. The lowest BCUT2D eigenvalue weighted by atomic mass is 9.98. The fourth-order valence-electron chi connectivity index (χ4n) is 6.92. The molecule has 0 saturated heterocycles. The van der Waals surface area contributed by atoms with Crippen molar-refractivity contribution in [3.63, 3.8) is 0 Å². The summed E-state index contributed by atoms with van der Waals surface area (Å²) in [5.74, 6) is -5.14. The van der Waals surface area contributed by atoms with Crippen molar-refractivity contribution in [3.05, 3.63) is 162 Å². The summed E-state index contributed by atoms with van der Waals surface area (Å²) in [7, 11) is 0. The van der Waals surface area contributed by atoms with E-state index in [0.29, 0.717) is 23.1 Å². The molecule has 0 spiro atoms. The van der Waals surface area contributed by atoms with E-state index in [9.17, 15) is 39.0 Å². The van der Waals surface area contributed by atoms with Gasteiger partial charge in [-0.05, 0) is 58.4 Å². The van der Waals surface area contributed by atoms with Crippen LogP contribution >= 0.6 is 0 Å². The quantitative estimate of drug-likeness (QED) is 0.109. The van der Waals surface area contributed by atoms with Crippen LogP contribution in [-0.4, -0.2) is 76.0 Å². The number of hydrogen-bond donors (Lipinski definition) is 7. The lowest BCUT2D eigenvalue weighted by Crippen LogP contribution is -2.59. The molecule has 0 radical (unpaired) electrons. The van der Waals surface area contributed by atoms with Gasteiger partial charge in [0.05, 0.1) is 6.42 Å². The van der Waals surface area contributed by atoms with Crippen molar-refractivity contribution in [2.75, 3.05) is 5.32 Å². The van der Waals surface area contributed by atoms with E-state index in [0.717, 1.165) is 16.7 Å². The molecule has 7 rings (SSSR count). The molecule has 0 saturated carbocycles. The largest absolute Gasteiger partial charge is 0.480 e. The predicted octanol–water partition coefficient (Wildman–Crippen LogP) is 3.74. The molecule has 5 aromatic rings. The Balaban J connectivity index is 1.35. The molecule has 2 aliphatic rings. The van der Waals surface area contributed by atoms with Crippen LogP contribution in [0.2, 0.25) is 0 Å². The highest BCUT2D eigenvalue weighted by molar-refractivity contribution is 5.98. The molecule has 13 nitrogen and oxygen atoms in total. The van der Waals surface area contributed by atoms with E-state index in [4.69, 9.17) is 0 Å². The van der Waals surface area contributed by atoms with Crippen LogP contribution in [0, 0.1) is 0 Å². The number of nitrogens with one attached hydrogen (secondary N) is 5. The number of aliphatic hydroxyl groups excluding tert-OH is 1. The van der Waals surface area contributed by atoms with Gasteiger partial charge in [0.15, 0.2) is 0 Å². The highest BCUT2D eigenvalue weighted by Gasteiger charge is 2.32. The number of carboxylic acids is 1. The van der Waals surface area contributed by atoms with Crippen molar-refractivity contribution in [3.8, 4) is 11.1 Å². The molecule has 2 aliphatic heterocycles. The van der Waals surface area contributed by atoms with Crippen LogP contribution < -0.4 is 26.6 Å². The molecule has 2 heterocycles. The summed E-state index contributed by atoms with van der Waals surface area (Å²) in [5, 5.41) is 34.3. The molecule has 7 N–H and O–H groups in total. The molecule has 2 bridgehead atoms. The Morgan fingerprint density at radius 2 is 1.02 bits per heavy atom.